The Balaban J connectivity index is 1.64. The zero-order valence-electron chi connectivity index (χ0n) is 12.8. The molecule has 0 atom stereocenters. The summed E-state index contributed by atoms with van der Waals surface area (Å²) in [5.74, 6) is 0.270. The zero-order valence-corrected chi connectivity index (χ0v) is 12.8. The summed E-state index contributed by atoms with van der Waals surface area (Å²) in [6.07, 6.45) is 0.434. The van der Waals surface area contributed by atoms with Crippen LogP contribution in [0.25, 0.3) is 0 Å². The van der Waals surface area contributed by atoms with Crippen LogP contribution < -0.4 is 10.1 Å². The van der Waals surface area contributed by atoms with Gasteiger partial charge in [-0.15, -0.1) is 5.10 Å². The number of rotatable bonds is 5. The highest BCUT2D eigenvalue weighted by Gasteiger charge is 2.12. The van der Waals surface area contributed by atoms with Crippen molar-refractivity contribution in [2.45, 2.75) is 6.42 Å². The maximum Gasteiger partial charge on any atom is 0.322 e. The Kier molecular flexibility index (Phi) is 4.51. The minimum Gasteiger partial charge on any atom is -0.497 e. The first-order chi connectivity index (χ1) is 11.6. The molecule has 1 aromatic heterocycles. The second kappa shape index (κ2) is 6.91. The Labute approximate surface area is 137 Å². The van der Waals surface area contributed by atoms with E-state index in [1.807, 2.05) is 24.3 Å². The topological polar surface area (TPSA) is 77.3 Å². The molecule has 2 aromatic carbocycles. The third-order valence-corrected chi connectivity index (χ3v) is 3.31. The van der Waals surface area contributed by atoms with Gasteiger partial charge in [-0.2, -0.15) is 0 Å². The number of carbonyl (C=O) groups is 1. The van der Waals surface area contributed by atoms with E-state index in [1.165, 1.54) is 24.3 Å². The van der Waals surface area contributed by atoms with E-state index in [-0.39, 0.29) is 6.01 Å². The molecule has 0 spiro atoms. The maximum atomic E-state index is 12.9. The van der Waals surface area contributed by atoms with Crippen LogP contribution in [0, 0.1) is 5.82 Å². The summed E-state index contributed by atoms with van der Waals surface area (Å²) in [4.78, 5) is 12.0. The number of aromatic nitrogens is 2. The van der Waals surface area contributed by atoms with E-state index in [0.717, 1.165) is 11.3 Å². The summed E-state index contributed by atoms with van der Waals surface area (Å²) < 4.78 is 23.3. The van der Waals surface area contributed by atoms with Gasteiger partial charge < -0.3 is 9.15 Å². The van der Waals surface area contributed by atoms with E-state index in [1.54, 1.807) is 7.11 Å². The molecular weight excluding hydrogens is 313 g/mol. The smallest absolute Gasteiger partial charge is 0.322 e. The van der Waals surface area contributed by atoms with Gasteiger partial charge in [0.15, 0.2) is 0 Å². The molecular formula is C17H14FN3O3. The van der Waals surface area contributed by atoms with Gasteiger partial charge in [0.05, 0.1) is 13.5 Å². The van der Waals surface area contributed by atoms with Crippen LogP contribution in [0.15, 0.2) is 52.9 Å². The number of hydrogen-bond donors (Lipinski definition) is 1. The van der Waals surface area contributed by atoms with Crippen molar-refractivity contribution in [1.29, 1.82) is 0 Å². The molecule has 1 heterocycles. The molecule has 7 heteroatoms. The number of methoxy groups -OCH3 is 1. The van der Waals surface area contributed by atoms with Crippen LogP contribution in [-0.2, 0) is 6.42 Å². The Hall–Kier alpha value is -3.22. The number of amides is 1. The Bertz CT molecular complexity index is 829. The van der Waals surface area contributed by atoms with E-state index in [4.69, 9.17) is 9.15 Å². The first kappa shape index (κ1) is 15.7. The Morgan fingerprint density at radius 1 is 1.12 bits per heavy atom. The van der Waals surface area contributed by atoms with E-state index >= 15 is 0 Å². The number of halogens is 1. The fraction of sp³-hybridized carbons (Fsp3) is 0.118. The largest absolute Gasteiger partial charge is 0.497 e. The molecule has 0 radical (unpaired) electrons. The van der Waals surface area contributed by atoms with Crippen LogP contribution in [0.3, 0.4) is 0 Å². The average Bonchev–Trinajstić information content (AvgIpc) is 3.03. The monoisotopic (exact) mass is 327 g/mol. The van der Waals surface area contributed by atoms with Crippen molar-refractivity contribution in [1.82, 2.24) is 10.2 Å². The van der Waals surface area contributed by atoms with Crippen molar-refractivity contribution in [3.63, 3.8) is 0 Å². The van der Waals surface area contributed by atoms with Gasteiger partial charge >= 0.3 is 6.01 Å². The fourth-order valence-corrected chi connectivity index (χ4v) is 2.06. The molecule has 0 saturated heterocycles. The molecule has 3 aromatic rings. The maximum absolute atomic E-state index is 12.9. The molecule has 1 N–H and O–H groups in total. The third-order valence-electron chi connectivity index (χ3n) is 3.31. The summed E-state index contributed by atoms with van der Waals surface area (Å²) in [5.41, 5.74) is 1.27. The molecule has 1 amide bonds. The van der Waals surface area contributed by atoms with Gasteiger partial charge in [-0.25, -0.2) is 4.39 Å². The van der Waals surface area contributed by atoms with Gasteiger partial charge in [-0.05, 0) is 42.0 Å². The van der Waals surface area contributed by atoms with Gasteiger partial charge in [-0.1, -0.05) is 17.2 Å². The normalized spacial score (nSPS) is 10.4. The van der Waals surface area contributed by atoms with Crippen LogP contribution in [-0.4, -0.2) is 23.2 Å². The standard InChI is InChI=1S/C17H14FN3O3/c1-23-14-8-2-11(3-9-14)10-15-20-21-17(24-15)19-16(22)12-4-6-13(18)7-5-12/h2-9H,10H2,1H3,(H,19,21,22). The SMILES string of the molecule is COc1ccc(Cc2nnc(NC(=O)c3ccc(F)cc3)o2)cc1. The van der Waals surface area contributed by atoms with E-state index in [0.29, 0.717) is 17.9 Å². The number of nitrogens with zero attached hydrogens (tertiary/aromatic N) is 2. The number of nitrogens with one attached hydrogen (secondary N) is 1. The molecule has 0 aliphatic rings. The third kappa shape index (κ3) is 3.75. The number of hydrogen-bond acceptors (Lipinski definition) is 5. The minimum absolute atomic E-state index is 0.00663. The van der Waals surface area contributed by atoms with E-state index < -0.39 is 11.7 Å². The first-order valence-corrected chi connectivity index (χ1v) is 7.16. The summed E-state index contributed by atoms with van der Waals surface area (Å²) in [7, 11) is 1.60. The Morgan fingerprint density at radius 2 is 1.83 bits per heavy atom. The van der Waals surface area contributed by atoms with Crippen molar-refractivity contribution in [3.05, 3.63) is 71.4 Å². The average molecular weight is 327 g/mol. The van der Waals surface area contributed by atoms with Crippen molar-refractivity contribution in [2.24, 2.45) is 0 Å². The zero-order chi connectivity index (χ0) is 16.9. The van der Waals surface area contributed by atoms with E-state index in [2.05, 4.69) is 15.5 Å². The first-order valence-electron chi connectivity index (χ1n) is 7.16. The highest BCUT2D eigenvalue weighted by atomic mass is 19.1. The molecule has 24 heavy (non-hydrogen) atoms. The highest BCUT2D eigenvalue weighted by Crippen LogP contribution is 2.16. The molecule has 0 fully saturated rings. The highest BCUT2D eigenvalue weighted by molar-refractivity contribution is 6.03. The van der Waals surface area contributed by atoms with Crippen molar-refractivity contribution < 1.29 is 18.3 Å². The van der Waals surface area contributed by atoms with Crippen molar-refractivity contribution in [3.8, 4) is 5.75 Å². The molecule has 6 nitrogen and oxygen atoms in total. The molecule has 0 unspecified atom stereocenters. The van der Waals surface area contributed by atoms with Gasteiger partial charge in [0.2, 0.25) is 5.89 Å². The fourth-order valence-electron chi connectivity index (χ4n) is 2.06. The summed E-state index contributed by atoms with van der Waals surface area (Å²) >= 11 is 0. The number of carbonyl (C=O) groups excluding carboxylic acids is 1. The van der Waals surface area contributed by atoms with Gasteiger partial charge in [0.1, 0.15) is 11.6 Å². The number of ether oxygens (including phenoxy) is 1. The molecule has 0 saturated carbocycles. The van der Waals surface area contributed by atoms with Crippen LogP contribution in [0.4, 0.5) is 10.4 Å². The second-order valence-electron chi connectivity index (χ2n) is 4.99. The van der Waals surface area contributed by atoms with Gasteiger partial charge in [0.25, 0.3) is 5.91 Å². The van der Waals surface area contributed by atoms with Crippen LogP contribution in [0.5, 0.6) is 5.75 Å². The van der Waals surface area contributed by atoms with Crippen LogP contribution in [0.1, 0.15) is 21.8 Å². The Morgan fingerprint density at radius 3 is 2.50 bits per heavy atom. The van der Waals surface area contributed by atoms with Crippen LogP contribution in [0.2, 0.25) is 0 Å². The number of benzene rings is 2. The quantitative estimate of drug-likeness (QED) is 0.779. The van der Waals surface area contributed by atoms with Crippen LogP contribution >= 0.6 is 0 Å². The predicted octanol–water partition coefficient (Wildman–Crippen LogP) is 3.06. The van der Waals surface area contributed by atoms with Gasteiger partial charge in [-0.3, -0.25) is 10.1 Å². The van der Waals surface area contributed by atoms with E-state index in [9.17, 15) is 9.18 Å². The van der Waals surface area contributed by atoms with Gasteiger partial charge in [0, 0.05) is 5.56 Å². The second-order valence-corrected chi connectivity index (χ2v) is 4.99. The molecule has 0 aliphatic heterocycles. The molecule has 0 bridgehead atoms. The molecule has 122 valence electrons. The lowest BCUT2D eigenvalue weighted by Gasteiger charge is -2.01. The lowest BCUT2D eigenvalue weighted by molar-refractivity contribution is 0.102. The lowest BCUT2D eigenvalue weighted by atomic mass is 10.1. The number of anilines is 1. The summed E-state index contributed by atoms with van der Waals surface area (Å²) in [6.45, 7) is 0. The summed E-state index contributed by atoms with van der Waals surface area (Å²) in [5, 5.41) is 10.2. The molecule has 3 rings (SSSR count). The summed E-state index contributed by atoms with van der Waals surface area (Å²) in [6, 6.07) is 12.6. The lowest BCUT2D eigenvalue weighted by Crippen LogP contribution is -2.12. The molecule has 0 aliphatic carbocycles. The van der Waals surface area contributed by atoms with Crippen molar-refractivity contribution >= 4 is 11.9 Å². The van der Waals surface area contributed by atoms with Crippen molar-refractivity contribution in [2.75, 3.05) is 12.4 Å². The minimum atomic E-state index is -0.449. The predicted molar refractivity (Wildman–Crippen MR) is 84.5 cm³/mol.